The molecule has 1 atom stereocenters. The van der Waals surface area contributed by atoms with E-state index >= 15 is 0 Å². The summed E-state index contributed by atoms with van der Waals surface area (Å²) in [6, 6.07) is 2.74. The van der Waals surface area contributed by atoms with Crippen molar-refractivity contribution in [2.45, 2.75) is 13.0 Å². The third-order valence-corrected chi connectivity index (χ3v) is 2.51. The Kier molecular flexibility index (Phi) is 4.90. The number of nitro groups is 1. The Morgan fingerprint density at radius 1 is 1.29 bits per heavy atom. The molecule has 1 aromatic carbocycles. The van der Waals surface area contributed by atoms with E-state index in [2.05, 4.69) is 11.9 Å². The summed E-state index contributed by atoms with van der Waals surface area (Å²) >= 11 is 0. The van der Waals surface area contributed by atoms with Crippen molar-refractivity contribution in [3.63, 3.8) is 0 Å². The van der Waals surface area contributed by atoms with E-state index in [9.17, 15) is 24.5 Å². The van der Waals surface area contributed by atoms with Gasteiger partial charge < -0.3 is 10.4 Å². The van der Waals surface area contributed by atoms with Crippen LogP contribution in [0.1, 0.15) is 17.3 Å². The van der Waals surface area contributed by atoms with Gasteiger partial charge in [-0.1, -0.05) is 6.58 Å². The molecule has 0 aliphatic carbocycles. The van der Waals surface area contributed by atoms with Crippen LogP contribution in [0.25, 0.3) is 0 Å². The van der Waals surface area contributed by atoms with Crippen molar-refractivity contribution in [2.24, 2.45) is 0 Å². The normalized spacial score (nSPS) is 11.3. The number of nitrogens with zero attached hydrogens (tertiary/aromatic N) is 1. The van der Waals surface area contributed by atoms with Crippen molar-refractivity contribution in [2.75, 3.05) is 5.32 Å². The molecule has 8 heteroatoms. The largest absolute Gasteiger partial charge is 0.476 e. The number of carbonyl (C=O) groups is 3. The number of carboxylic acids is 1. The number of hydrogen-bond acceptors (Lipinski definition) is 5. The van der Waals surface area contributed by atoms with Gasteiger partial charge in [0.2, 0.25) is 5.78 Å². The predicted molar refractivity (Wildman–Crippen MR) is 72.6 cm³/mol. The van der Waals surface area contributed by atoms with E-state index in [1.165, 1.54) is 31.2 Å². The maximum atomic E-state index is 11.7. The number of anilines is 1. The number of carboxylic acid groups (broad SMARTS) is 1. The standard InChI is InChI=1S/C13H12N2O6/c1-7(2)12(17)14-9-5-3-8(4-6-9)11(16)10(13(18)19)15(20)21/h3-6,10H,1H2,2H3,(H,14,17)(H,18,19). The van der Waals surface area contributed by atoms with Crippen LogP contribution in [0.15, 0.2) is 36.4 Å². The SMILES string of the molecule is C=C(C)C(=O)Nc1ccc(C(=O)C(C(=O)O)[N+](=O)[O-])cc1. The van der Waals surface area contributed by atoms with Gasteiger partial charge in [-0.3, -0.25) is 19.7 Å². The number of benzene rings is 1. The lowest BCUT2D eigenvalue weighted by molar-refractivity contribution is -0.493. The first-order valence-corrected chi connectivity index (χ1v) is 5.71. The van der Waals surface area contributed by atoms with E-state index in [4.69, 9.17) is 5.11 Å². The van der Waals surface area contributed by atoms with Gasteiger partial charge in [0.25, 0.3) is 5.91 Å². The number of Topliss-reactive ketones (excluding diaryl/α,β-unsaturated/α-hetero) is 1. The number of nitrogens with one attached hydrogen (secondary N) is 1. The summed E-state index contributed by atoms with van der Waals surface area (Å²) in [6.45, 7) is 4.97. The molecule has 1 rings (SSSR count). The molecule has 0 aromatic heterocycles. The zero-order valence-electron chi connectivity index (χ0n) is 11.0. The van der Waals surface area contributed by atoms with E-state index in [0.717, 1.165) is 0 Å². The quantitative estimate of drug-likeness (QED) is 0.266. The van der Waals surface area contributed by atoms with Crippen LogP contribution in [-0.4, -0.2) is 33.7 Å². The highest BCUT2D eigenvalue weighted by Crippen LogP contribution is 2.13. The molecule has 0 radical (unpaired) electrons. The summed E-state index contributed by atoms with van der Waals surface area (Å²) in [7, 11) is 0. The Morgan fingerprint density at radius 3 is 2.19 bits per heavy atom. The highest BCUT2D eigenvalue weighted by Gasteiger charge is 2.38. The lowest BCUT2D eigenvalue weighted by atomic mass is 10.0. The topological polar surface area (TPSA) is 127 Å². The lowest BCUT2D eigenvalue weighted by Crippen LogP contribution is -2.37. The number of hydrogen-bond donors (Lipinski definition) is 2. The minimum Gasteiger partial charge on any atom is -0.476 e. The third-order valence-electron chi connectivity index (χ3n) is 2.51. The highest BCUT2D eigenvalue weighted by molar-refractivity contribution is 6.10. The molecule has 21 heavy (non-hydrogen) atoms. The van der Waals surface area contributed by atoms with Crippen molar-refractivity contribution >= 4 is 23.3 Å². The maximum Gasteiger partial charge on any atom is 0.387 e. The number of rotatable bonds is 6. The van der Waals surface area contributed by atoms with Gasteiger partial charge in [0.15, 0.2) is 0 Å². The number of carbonyl (C=O) groups excluding carboxylic acids is 2. The van der Waals surface area contributed by atoms with Gasteiger partial charge >= 0.3 is 12.0 Å². The Hall–Kier alpha value is -3.03. The smallest absolute Gasteiger partial charge is 0.387 e. The van der Waals surface area contributed by atoms with Gasteiger partial charge in [-0.15, -0.1) is 0 Å². The fourth-order valence-corrected chi connectivity index (χ4v) is 1.41. The van der Waals surface area contributed by atoms with E-state index in [1.807, 2.05) is 0 Å². The minimum absolute atomic E-state index is 0.132. The molecule has 0 spiro atoms. The van der Waals surface area contributed by atoms with E-state index < -0.39 is 28.6 Å². The lowest BCUT2D eigenvalue weighted by Gasteiger charge is -2.07. The number of aliphatic carboxylic acids is 1. The van der Waals surface area contributed by atoms with Crippen LogP contribution in [0.4, 0.5) is 5.69 Å². The summed E-state index contributed by atoms with van der Waals surface area (Å²) in [5.74, 6) is -3.38. The first kappa shape index (κ1) is 16.0. The van der Waals surface area contributed by atoms with Crippen LogP contribution in [0.3, 0.4) is 0 Å². The first-order chi connectivity index (χ1) is 9.73. The second-order valence-electron chi connectivity index (χ2n) is 4.20. The summed E-state index contributed by atoms with van der Waals surface area (Å²) in [6.07, 6.45) is 0. The second-order valence-corrected chi connectivity index (χ2v) is 4.20. The predicted octanol–water partition coefficient (Wildman–Crippen LogP) is 1.11. The minimum atomic E-state index is -2.35. The van der Waals surface area contributed by atoms with Crippen molar-refractivity contribution in [3.8, 4) is 0 Å². The Balaban J connectivity index is 2.94. The molecule has 0 aliphatic heterocycles. The zero-order chi connectivity index (χ0) is 16.2. The molecule has 1 aromatic rings. The molecule has 0 heterocycles. The van der Waals surface area contributed by atoms with E-state index in [0.29, 0.717) is 5.69 Å². The first-order valence-electron chi connectivity index (χ1n) is 5.71. The fourth-order valence-electron chi connectivity index (χ4n) is 1.41. The van der Waals surface area contributed by atoms with Gasteiger partial charge in [0.05, 0.1) is 0 Å². The van der Waals surface area contributed by atoms with E-state index in [1.54, 1.807) is 0 Å². The van der Waals surface area contributed by atoms with Gasteiger partial charge in [-0.05, 0) is 31.2 Å². The van der Waals surface area contributed by atoms with Crippen molar-refractivity contribution in [1.29, 1.82) is 0 Å². The maximum absolute atomic E-state index is 11.7. The van der Waals surface area contributed by atoms with Crippen molar-refractivity contribution < 1.29 is 24.4 Å². The summed E-state index contributed by atoms with van der Waals surface area (Å²) in [4.78, 5) is 43.2. The van der Waals surface area contributed by atoms with Crippen LogP contribution in [0, 0.1) is 10.1 Å². The molecule has 0 saturated heterocycles. The van der Waals surface area contributed by atoms with Crippen molar-refractivity contribution in [3.05, 3.63) is 52.1 Å². The highest BCUT2D eigenvalue weighted by atomic mass is 16.6. The van der Waals surface area contributed by atoms with Crippen LogP contribution in [0.2, 0.25) is 0 Å². The van der Waals surface area contributed by atoms with E-state index in [-0.39, 0.29) is 11.1 Å². The Morgan fingerprint density at radius 2 is 1.81 bits per heavy atom. The summed E-state index contributed by atoms with van der Waals surface area (Å²) < 4.78 is 0. The fraction of sp³-hybridized carbons (Fsp3) is 0.154. The molecular weight excluding hydrogens is 280 g/mol. The number of ketones is 1. The summed E-state index contributed by atoms with van der Waals surface area (Å²) in [5.41, 5.74) is 0.509. The Bertz CT molecular complexity index is 606. The average molecular weight is 292 g/mol. The van der Waals surface area contributed by atoms with Crippen molar-refractivity contribution in [1.82, 2.24) is 0 Å². The van der Waals surface area contributed by atoms with Crippen LogP contribution in [-0.2, 0) is 9.59 Å². The molecule has 0 aliphatic rings. The molecule has 0 fully saturated rings. The second kappa shape index (κ2) is 6.42. The molecule has 1 unspecified atom stereocenters. The molecule has 1 amide bonds. The van der Waals surface area contributed by atoms with Crippen LogP contribution >= 0.6 is 0 Å². The monoisotopic (exact) mass is 292 g/mol. The molecule has 0 bridgehead atoms. The van der Waals surface area contributed by atoms with Crippen LogP contribution < -0.4 is 5.32 Å². The summed E-state index contributed by atoms with van der Waals surface area (Å²) in [5, 5.41) is 21.7. The Labute approximate surface area is 119 Å². The molecule has 110 valence electrons. The third kappa shape index (κ3) is 3.96. The average Bonchev–Trinajstić information content (AvgIpc) is 2.38. The van der Waals surface area contributed by atoms with Crippen LogP contribution in [0.5, 0.6) is 0 Å². The molecule has 2 N–H and O–H groups in total. The zero-order valence-corrected chi connectivity index (χ0v) is 11.0. The molecule has 0 saturated carbocycles. The van der Waals surface area contributed by atoms with Gasteiger partial charge in [-0.2, -0.15) is 0 Å². The molecular formula is C13H12N2O6. The van der Waals surface area contributed by atoms with Gasteiger partial charge in [0, 0.05) is 21.7 Å². The van der Waals surface area contributed by atoms with Gasteiger partial charge in [0.1, 0.15) is 0 Å². The number of amides is 1. The van der Waals surface area contributed by atoms with Gasteiger partial charge in [-0.25, -0.2) is 4.79 Å². The molecule has 8 nitrogen and oxygen atoms in total.